The Morgan fingerprint density at radius 2 is 2.04 bits per heavy atom. The van der Waals surface area contributed by atoms with Crippen molar-refractivity contribution < 1.29 is 14.3 Å². The first-order valence-corrected chi connectivity index (χ1v) is 10.1. The minimum Gasteiger partial charge on any atom is -0.494 e. The van der Waals surface area contributed by atoms with E-state index in [9.17, 15) is 4.79 Å². The van der Waals surface area contributed by atoms with Gasteiger partial charge in [0.05, 0.1) is 13.2 Å². The van der Waals surface area contributed by atoms with Crippen LogP contribution in [0.3, 0.4) is 0 Å². The second-order valence-corrected chi connectivity index (χ2v) is 7.67. The van der Waals surface area contributed by atoms with E-state index in [1.807, 2.05) is 60.9 Å². The molecule has 7 heteroatoms. The number of carbonyl (C=O) groups excluding carboxylic acids is 1. The Bertz CT molecular complexity index is 985. The lowest BCUT2D eigenvalue weighted by molar-refractivity contribution is -0.137. The minimum absolute atomic E-state index is 0.191. The van der Waals surface area contributed by atoms with Crippen LogP contribution >= 0.6 is 11.8 Å². The van der Waals surface area contributed by atoms with Gasteiger partial charge in [-0.1, -0.05) is 35.5 Å². The summed E-state index contributed by atoms with van der Waals surface area (Å²) in [5.74, 6) is 1.36. The normalized spacial score (nSPS) is 16.2. The number of aromatic nitrogens is 3. The molecule has 0 N–H and O–H groups in total. The van der Waals surface area contributed by atoms with E-state index in [0.29, 0.717) is 24.8 Å². The molecule has 0 unspecified atom stereocenters. The van der Waals surface area contributed by atoms with Gasteiger partial charge in [0, 0.05) is 17.7 Å². The standard InChI is InChI=1S/C21H21N3O3S/c1-3-26-17-9-7-16(8-10-17)24-19(15-6-4-5-14(2)13-15)22-23-21(24)28-18-11-12-27-20(18)25/h4-10,13,18H,3,11-12H2,1-2H3/t18-/m1/s1. The molecule has 3 aromatic rings. The number of hydrogen-bond acceptors (Lipinski definition) is 6. The smallest absolute Gasteiger partial charge is 0.319 e. The molecule has 6 nitrogen and oxygen atoms in total. The Morgan fingerprint density at radius 1 is 1.21 bits per heavy atom. The number of hydrogen-bond donors (Lipinski definition) is 0. The first-order chi connectivity index (χ1) is 13.7. The Balaban J connectivity index is 1.77. The van der Waals surface area contributed by atoms with Gasteiger partial charge in [-0.3, -0.25) is 9.36 Å². The molecule has 0 amide bonds. The first-order valence-electron chi connectivity index (χ1n) is 9.24. The Kier molecular flexibility index (Phi) is 5.34. The number of nitrogens with zero attached hydrogens (tertiary/aromatic N) is 3. The topological polar surface area (TPSA) is 66.2 Å². The van der Waals surface area contributed by atoms with E-state index in [1.165, 1.54) is 11.8 Å². The molecule has 1 fully saturated rings. The molecule has 1 aliphatic rings. The van der Waals surface area contributed by atoms with Gasteiger partial charge in [0.25, 0.3) is 0 Å². The minimum atomic E-state index is -0.254. The van der Waals surface area contributed by atoms with Gasteiger partial charge in [0.15, 0.2) is 11.0 Å². The van der Waals surface area contributed by atoms with Gasteiger partial charge in [-0.2, -0.15) is 0 Å². The molecule has 0 bridgehead atoms. The Morgan fingerprint density at radius 3 is 2.71 bits per heavy atom. The monoisotopic (exact) mass is 395 g/mol. The van der Waals surface area contributed by atoms with E-state index >= 15 is 0 Å². The number of aryl methyl sites for hydroxylation is 1. The molecule has 1 aromatic heterocycles. The first kappa shape index (κ1) is 18.6. The van der Waals surface area contributed by atoms with Crippen LogP contribution in [-0.4, -0.2) is 39.2 Å². The average Bonchev–Trinajstić information content (AvgIpc) is 3.30. The summed E-state index contributed by atoms with van der Waals surface area (Å²) in [4.78, 5) is 11.9. The zero-order valence-electron chi connectivity index (χ0n) is 15.8. The van der Waals surface area contributed by atoms with Crippen LogP contribution in [0.15, 0.2) is 53.7 Å². The molecule has 4 rings (SSSR count). The molecule has 1 aliphatic heterocycles. The maximum Gasteiger partial charge on any atom is 0.319 e. The molecule has 28 heavy (non-hydrogen) atoms. The van der Waals surface area contributed by atoms with Crippen molar-refractivity contribution in [3.63, 3.8) is 0 Å². The summed E-state index contributed by atoms with van der Waals surface area (Å²) in [6, 6.07) is 16.0. The van der Waals surface area contributed by atoms with Gasteiger partial charge in [0.1, 0.15) is 11.0 Å². The van der Waals surface area contributed by atoms with E-state index in [2.05, 4.69) is 16.3 Å². The Hall–Kier alpha value is -2.80. The average molecular weight is 395 g/mol. The molecule has 2 aromatic carbocycles. The zero-order chi connectivity index (χ0) is 19.5. The molecule has 1 atom stereocenters. The van der Waals surface area contributed by atoms with Crippen LogP contribution < -0.4 is 4.74 Å². The maximum atomic E-state index is 11.9. The summed E-state index contributed by atoms with van der Waals surface area (Å²) < 4.78 is 12.6. The lowest BCUT2D eigenvalue weighted by Crippen LogP contribution is -2.11. The van der Waals surface area contributed by atoms with Gasteiger partial charge < -0.3 is 9.47 Å². The fraction of sp³-hybridized carbons (Fsp3) is 0.286. The van der Waals surface area contributed by atoms with Crippen LogP contribution in [-0.2, 0) is 9.53 Å². The van der Waals surface area contributed by atoms with Crippen molar-refractivity contribution in [3.05, 3.63) is 54.1 Å². The molecule has 144 valence electrons. The predicted molar refractivity (Wildman–Crippen MR) is 108 cm³/mol. The lowest BCUT2D eigenvalue weighted by atomic mass is 10.1. The predicted octanol–water partition coefficient (Wildman–Crippen LogP) is 4.05. The molecular formula is C21H21N3O3S. The summed E-state index contributed by atoms with van der Waals surface area (Å²) in [5, 5.41) is 9.25. The summed E-state index contributed by atoms with van der Waals surface area (Å²) in [7, 11) is 0. The number of carbonyl (C=O) groups is 1. The SMILES string of the molecule is CCOc1ccc(-n2c(S[C@@H]3CCOC3=O)nnc2-c2cccc(C)c2)cc1. The van der Waals surface area contributed by atoms with Crippen molar-refractivity contribution in [1.29, 1.82) is 0 Å². The number of thioether (sulfide) groups is 1. The molecule has 1 saturated heterocycles. The third-order valence-corrected chi connectivity index (χ3v) is 5.64. The van der Waals surface area contributed by atoms with Crippen molar-refractivity contribution >= 4 is 17.7 Å². The third-order valence-electron chi connectivity index (χ3n) is 4.45. The van der Waals surface area contributed by atoms with Crippen LogP contribution in [0.1, 0.15) is 18.9 Å². The second kappa shape index (κ2) is 8.06. The molecule has 0 spiro atoms. The van der Waals surface area contributed by atoms with Crippen molar-refractivity contribution in [2.75, 3.05) is 13.2 Å². The maximum absolute atomic E-state index is 11.9. The fourth-order valence-electron chi connectivity index (χ4n) is 3.12. The highest BCUT2D eigenvalue weighted by molar-refractivity contribution is 8.00. The van der Waals surface area contributed by atoms with Crippen molar-refractivity contribution in [1.82, 2.24) is 14.8 Å². The summed E-state index contributed by atoms with van der Waals surface area (Å²) in [5.41, 5.74) is 3.04. The highest BCUT2D eigenvalue weighted by atomic mass is 32.2. The van der Waals surface area contributed by atoms with Gasteiger partial charge in [0.2, 0.25) is 0 Å². The van der Waals surface area contributed by atoms with Crippen molar-refractivity contribution in [3.8, 4) is 22.8 Å². The van der Waals surface area contributed by atoms with E-state index in [0.717, 1.165) is 28.4 Å². The summed E-state index contributed by atoms with van der Waals surface area (Å²) >= 11 is 1.40. The summed E-state index contributed by atoms with van der Waals surface area (Å²) in [6.45, 7) is 5.08. The Labute approximate surface area is 167 Å². The van der Waals surface area contributed by atoms with E-state index in [-0.39, 0.29) is 11.2 Å². The van der Waals surface area contributed by atoms with Crippen molar-refractivity contribution in [2.45, 2.75) is 30.7 Å². The van der Waals surface area contributed by atoms with Crippen molar-refractivity contribution in [2.24, 2.45) is 0 Å². The van der Waals surface area contributed by atoms with Crippen LogP contribution in [0.25, 0.3) is 17.1 Å². The number of rotatable bonds is 6. The molecule has 0 radical (unpaired) electrons. The number of cyclic esters (lactones) is 1. The molecule has 2 heterocycles. The highest BCUT2D eigenvalue weighted by Gasteiger charge is 2.30. The molecule has 0 aliphatic carbocycles. The van der Waals surface area contributed by atoms with Crippen LogP contribution in [0.2, 0.25) is 0 Å². The zero-order valence-corrected chi connectivity index (χ0v) is 16.6. The van der Waals surface area contributed by atoms with Crippen LogP contribution in [0.4, 0.5) is 0 Å². The number of ether oxygens (including phenoxy) is 2. The second-order valence-electron chi connectivity index (χ2n) is 6.50. The van der Waals surface area contributed by atoms with Gasteiger partial charge in [-0.15, -0.1) is 10.2 Å². The quantitative estimate of drug-likeness (QED) is 0.587. The highest BCUT2D eigenvalue weighted by Crippen LogP contribution is 2.33. The van der Waals surface area contributed by atoms with Crippen LogP contribution in [0, 0.1) is 6.92 Å². The van der Waals surface area contributed by atoms with E-state index in [4.69, 9.17) is 9.47 Å². The lowest BCUT2D eigenvalue weighted by Gasteiger charge is -2.12. The number of esters is 1. The summed E-state index contributed by atoms with van der Waals surface area (Å²) in [6.07, 6.45) is 0.680. The van der Waals surface area contributed by atoms with E-state index in [1.54, 1.807) is 0 Å². The molecular weight excluding hydrogens is 374 g/mol. The number of benzene rings is 2. The largest absolute Gasteiger partial charge is 0.494 e. The van der Waals surface area contributed by atoms with E-state index < -0.39 is 0 Å². The third kappa shape index (κ3) is 3.75. The van der Waals surface area contributed by atoms with Gasteiger partial charge in [-0.05, 0) is 44.2 Å². The van der Waals surface area contributed by atoms with Crippen LogP contribution in [0.5, 0.6) is 5.75 Å². The molecule has 0 saturated carbocycles. The van der Waals surface area contributed by atoms with Gasteiger partial charge in [-0.25, -0.2) is 0 Å². The van der Waals surface area contributed by atoms with Gasteiger partial charge >= 0.3 is 5.97 Å². The fourth-order valence-corrected chi connectivity index (χ4v) is 4.14.